The van der Waals surface area contributed by atoms with E-state index in [-0.39, 0.29) is 37.9 Å². The molecule has 0 saturated carbocycles. The zero-order valence-corrected chi connectivity index (χ0v) is 19.6. The van der Waals surface area contributed by atoms with Crippen molar-refractivity contribution >= 4 is 69.0 Å². The van der Waals surface area contributed by atoms with E-state index in [1.54, 1.807) is 12.3 Å². The predicted molar refractivity (Wildman–Crippen MR) is 124 cm³/mol. The monoisotopic (exact) mass is 512 g/mol. The van der Waals surface area contributed by atoms with E-state index in [9.17, 15) is 14.4 Å². The molecule has 3 aromatic rings. The number of thiophene rings is 1. The maximum atomic E-state index is 12.6. The van der Waals surface area contributed by atoms with E-state index in [2.05, 4.69) is 10.3 Å². The quantitative estimate of drug-likeness (QED) is 0.405. The van der Waals surface area contributed by atoms with Crippen molar-refractivity contribution in [3.63, 3.8) is 0 Å². The molecule has 0 spiro atoms. The van der Waals surface area contributed by atoms with Gasteiger partial charge in [0.2, 0.25) is 0 Å². The molecule has 0 radical (unpaired) electrons. The number of hydrogen-bond donors (Lipinski definition) is 1. The molecule has 32 heavy (non-hydrogen) atoms. The number of esters is 2. The lowest BCUT2D eigenvalue weighted by atomic mass is 10.0. The number of halogens is 3. The third-order valence-corrected chi connectivity index (χ3v) is 6.19. The summed E-state index contributed by atoms with van der Waals surface area (Å²) in [6, 6.07) is 9.20. The van der Waals surface area contributed by atoms with Crippen LogP contribution in [0.3, 0.4) is 0 Å². The highest BCUT2D eigenvalue weighted by Crippen LogP contribution is 2.36. The number of carbonyl (C=O) groups excluding carboxylic acids is 3. The molecule has 2 heterocycles. The summed E-state index contributed by atoms with van der Waals surface area (Å²) in [6.45, 7) is 1.22. The van der Waals surface area contributed by atoms with Gasteiger partial charge < -0.3 is 14.8 Å². The topological polar surface area (TPSA) is 94.6 Å². The van der Waals surface area contributed by atoms with Crippen molar-refractivity contribution in [2.75, 3.05) is 18.5 Å². The molecule has 0 aliphatic rings. The normalized spacial score (nSPS) is 10.5. The number of carbonyl (C=O) groups is 3. The van der Waals surface area contributed by atoms with Gasteiger partial charge in [0.05, 0.1) is 21.7 Å². The minimum Gasteiger partial charge on any atom is -0.462 e. The second kappa shape index (κ2) is 10.8. The van der Waals surface area contributed by atoms with Gasteiger partial charge in [-0.3, -0.25) is 4.79 Å². The molecule has 7 nitrogen and oxygen atoms in total. The van der Waals surface area contributed by atoms with E-state index in [1.807, 2.05) is 30.3 Å². The minimum atomic E-state index is -0.953. The van der Waals surface area contributed by atoms with Crippen LogP contribution in [0, 0.1) is 0 Å². The molecule has 0 saturated heterocycles. The van der Waals surface area contributed by atoms with Crippen LogP contribution in [0.25, 0.3) is 11.1 Å². The van der Waals surface area contributed by atoms with E-state index in [0.717, 1.165) is 23.1 Å². The summed E-state index contributed by atoms with van der Waals surface area (Å²) in [4.78, 5) is 40.9. The Bertz CT molecular complexity index is 1170. The summed E-state index contributed by atoms with van der Waals surface area (Å²) in [7, 11) is 0. The number of nitrogens with zero attached hydrogens (tertiary/aromatic N) is 1. The fraction of sp³-hybridized carbons (Fsp3) is 0.143. The van der Waals surface area contributed by atoms with Gasteiger partial charge in [0.25, 0.3) is 5.91 Å². The van der Waals surface area contributed by atoms with E-state index in [0.29, 0.717) is 5.56 Å². The molecule has 0 atom stereocenters. The molecule has 2 aromatic heterocycles. The zero-order chi connectivity index (χ0) is 23.3. The van der Waals surface area contributed by atoms with Crippen molar-refractivity contribution < 1.29 is 23.9 Å². The number of amides is 1. The number of hydrogen-bond acceptors (Lipinski definition) is 7. The summed E-state index contributed by atoms with van der Waals surface area (Å²) in [6.07, 6.45) is 1.15. The first-order chi connectivity index (χ1) is 15.3. The summed E-state index contributed by atoms with van der Waals surface area (Å²) in [5.41, 5.74) is 1.35. The number of ether oxygens (including phenoxy) is 2. The van der Waals surface area contributed by atoms with Crippen LogP contribution in [-0.4, -0.2) is 36.0 Å². The average Bonchev–Trinajstić information content (AvgIpc) is 3.20. The van der Waals surface area contributed by atoms with Crippen LogP contribution in [0.5, 0.6) is 0 Å². The molecule has 11 heteroatoms. The molecular weight excluding hydrogens is 499 g/mol. The molecule has 0 aliphatic heterocycles. The largest absolute Gasteiger partial charge is 0.462 e. The van der Waals surface area contributed by atoms with Crippen LogP contribution >= 0.6 is 46.1 Å². The maximum absolute atomic E-state index is 12.6. The lowest BCUT2D eigenvalue weighted by Gasteiger charge is -2.10. The summed E-state index contributed by atoms with van der Waals surface area (Å²) in [5, 5.41) is 4.44. The molecule has 1 amide bonds. The van der Waals surface area contributed by atoms with Crippen molar-refractivity contribution in [3.8, 4) is 11.1 Å². The van der Waals surface area contributed by atoms with Crippen molar-refractivity contribution in [1.82, 2.24) is 4.98 Å². The maximum Gasteiger partial charge on any atom is 0.359 e. The highest BCUT2D eigenvalue weighted by molar-refractivity contribution is 7.15. The van der Waals surface area contributed by atoms with Crippen molar-refractivity contribution in [2.45, 2.75) is 6.92 Å². The van der Waals surface area contributed by atoms with Gasteiger partial charge in [0.1, 0.15) is 10.6 Å². The fourth-order valence-electron chi connectivity index (χ4n) is 2.63. The molecule has 0 bridgehead atoms. The Morgan fingerprint density at radius 2 is 1.75 bits per heavy atom. The van der Waals surface area contributed by atoms with E-state index >= 15 is 0 Å². The van der Waals surface area contributed by atoms with Crippen molar-refractivity contribution in [1.29, 1.82) is 0 Å². The first kappa shape index (κ1) is 24.0. The Morgan fingerprint density at radius 3 is 2.44 bits per heavy atom. The number of aromatic nitrogens is 1. The van der Waals surface area contributed by atoms with Crippen LogP contribution < -0.4 is 5.32 Å². The van der Waals surface area contributed by atoms with E-state index < -0.39 is 24.5 Å². The second-order valence-corrected chi connectivity index (χ2v) is 8.19. The van der Waals surface area contributed by atoms with E-state index in [4.69, 9.17) is 44.3 Å². The van der Waals surface area contributed by atoms with Crippen molar-refractivity contribution in [2.24, 2.45) is 0 Å². The molecular formula is C21H15Cl3N2O5S. The van der Waals surface area contributed by atoms with Crippen LogP contribution in [0.1, 0.15) is 27.8 Å². The number of benzene rings is 1. The minimum absolute atomic E-state index is 0.0501. The summed E-state index contributed by atoms with van der Waals surface area (Å²) >= 11 is 18.8. The van der Waals surface area contributed by atoms with Crippen LogP contribution in [0.2, 0.25) is 15.1 Å². The zero-order valence-electron chi connectivity index (χ0n) is 16.5. The molecule has 3 rings (SSSR count). The second-order valence-electron chi connectivity index (χ2n) is 6.15. The van der Waals surface area contributed by atoms with Gasteiger partial charge in [-0.05, 0) is 12.5 Å². The Hall–Kier alpha value is -2.65. The first-order valence-corrected chi connectivity index (χ1v) is 11.1. The molecule has 166 valence electrons. The highest BCUT2D eigenvalue weighted by Gasteiger charge is 2.24. The molecule has 1 N–H and O–H groups in total. The van der Waals surface area contributed by atoms with Crippen LogP contribution in [0.15, 0.2) is 41.9 Å². The fourth-order valence-corrected chi connectivity index (χ4v) is 4.17. The van der Waals surface area contributed by atoms with Gasteiger partial charge in [-0.1, -0.05) is 65.1 Å². The highest BCUT2D eigenvalue weighted by atomic mass is 35.5. The van der Waals surface area contributed by atoms with Gasteiger partial charge in [0.15, 0.2) is 12.3 Å². The van der Waals surface area contributed by atoms with Crippen LogP contribution in [-0.2, 0) is 14.3 Å². The number of nitrogens with one attached hydrogen (secondary N) is 1. The molecule has 0 unspecified atom stereocenters. The van der Waals surface area contributed by atoms with E-state index in [1.165, 1.54) is 0 Å². The lowest BCUT2D eigenvalue weighted by molar-refractivity contribution is -0.119. The molecule has 0 aliphatic carbocycles. The average molecular weight is 514 g/mol. The molecule has 1 aromatic carbocycles. The Kier molecular flexibility index (Phi) is 8.09. The summed E-state index contributed by atoms with van der Waals surface area (Å²) in [5.74, 6) is -2.20. The lowest BCUT2D eigenvalue weighted by Crippen LogP contribution is -2.22. The predicted octanol–water partition coefficient (Wildman–Crippen LogP) is 5.74. The Balaban J connectivity index is 1.75. The smallest absolute Gasteiger partial charge is 0.359 e. The Morgan fingerprint density at radius 1 is 1.03 bits per heavy atom. The van der Waals surface area contributed by atoms with Crippen LogP contribution in [0.4, 0.5) is 5.00 Å². The SMILES string of the molecule is CCOC(=O)c1c(-c2ccccc2)csc1NC(=O)COC(=O)c1ncc(Cl)c(Cl)c1Cl. The third-order valence-electron chi connectivity index (χ3n) is 4.05. The van der Waals surface area contributed by atoms with Gasteiger partial charge in [-0.2, -0.15) is 0 Å². The standard InChI is InChI=1S/C21H15Cl3N2O5S/c1-2-30-20(28)15-12(11-6-4-3-5-7-11)10-32-19(15)26-14(27)9-31-21(29)18-17(24)16(23)13(22)8-25-18/h3-8,10H,2,9H2,1H3,(H,26,27). The van der Waals surface area contributed by atoms with Gasteiger partial charge >= 0.3 is 11.9 Å². The third kappa shape index (κ3) is 5.39. The van der Waals surface area contributed by atoms with Gasteiger partial charge in [0, 0.05) is 17.1 Å². The number of rotatable bonds is 7. The van der Waals surface area contributed by atoms with Gasteiger partial charge in [-0.25, -0.2) is 14.6 Å². The van der Waals surface area contributed by atoms with Crippen molar-refractivity contribution in [3.05, 3.63) is 68.2 Å². The summed E-state index contributed by atoms with van der Waals surface area (Å²) < 4.78 is 10.1. The number of anilines is 1. The molecule has 0 fully saturated rings. The van der Waals surface area contributed by atoms with Gasteiger partial charge in [-0.15, -0.1) is 11.3 Å². The Labute approximate surface area is 202 Å². The first-order valence-electron chi connectivity index (χ1n) is 9.14. The number of pyridine rings is 1.